The van der Waals surface area contributed by atoms with Crippen LogP contribution < -0.4 is 0 Å². The van der Waals surface area contributed by atoms with Gasteiger partial charge in [0.2, 0.25) is 0 Å². The van der Waals surface area contributed by atoms with Crippen LogP contribution >= 0.6 is 0 Å². The van der Waals surface area contributed by atoms with Crippen LogP contribution in [0.1, 0.15) is 5.56 Å². The Kier molecular flexibility index (Phi) is 9.24. The van der Waals surface area contributed by atoms with E-state index < -0.39 is 0 Å². The summed E-state index contributed by atoms with van der Waals surface area (Å²) in [5, 5.41) is 2.18. The van der Waals surface area contributed by atoms with E-state index in [0.717, 1.165) is 72.0 Å². The molecule has 0 aliphatic rings. The van der Waals surface area contributed by atoms with Gasteiger partial charge < -0.3 is 4.57 Å². The molecule has 8 aromatic carbocycles. The quantitative estimate of drug-likeness (QED) is 0.152. The minimum Gasteiger partial charge on any atom is -0.309 e. The van der Waals surface area contributed by atoms with E-state index in [1.54, 1.807) is 0 Å². The number of aromatic nitrogens is 7. The van der Waals surface area contributed by atoms with Crippen LogP contribution in [0.2, 0.25) is 0 Å². The highest BCUT2D eigenvalue weighted by atomic mass is 15.0. The Morgan fingerprint density at radius 2 is 0.645 bits per heavy atom. The van der Waals surface area contributed by atoms with Crippen molar-refractivity contribution in [3.8, 4) is 85.1 Å². The van der Waals surface area contributed by atoms with E-state index in [2.05, 4.69) is 90.4 Å². The van der Waals surface area contributed by atoms with Crippen molar-refractivity contribution in [2.45, 2.75) is 6.92 Å². The number of hydrogen-bond acceptors (Lipinski definition) is 6. The SMILES string of the molecule is Cc1ccccc1-n1c2ccc(-c3nc(-c4ccccc4)nc(-c4ccccc4)n3)cc2c2cc(-c3ccccc3-c3nc(-c4ccccc4)nc(-c4ccccc4)n3)ccc21. The summed E-state index contributed by atoms with van der Waals surface area (Å²) in [5.74, 6) is 3.71. The predicted octanol–water partition coefficient (Wildman–Crippen LogP) is 13.1. The van der Waals surface area contributed by atoms with Gasteiger partial charge in [-0.1, -0.05) is 170 Å². The van der Waals surface area contributed by atoms with Gasteiger partial charge in [0, 0.05) is 49.8 Å². The molecular formula is C55H37N7. The average molecular weight is 796 g/mol. The fraction of sp³-hybridized carbons (Fsp3) is 0.0182. The molecule has 0 bridgehead atoms. The molecule has 0 atom stereocenters. The third-order valence-electron chi connectivity index (χ3n) is 11.3. The molecule has 0 saturated carbocycles. The molecule has 62 heavy (non-hydrogen) atoms. The largest absolute Gasteiger partial charge is 0.309 e. The summed E-state index contributed by atoms with van der Waals surface area (Å²) >= 11 is 0. The normalized spacial score (nSPS) is 11.3. The first-order chi connectivity index (χ1) is 30.6. The molecule has 0 N–H and O–H groups in total. The highest BCUT2D eigenvalue weighted by molar-refractivity contribution is 6.12. The molecule has 11 aromatic rings. The molecule has 0 aliphatic carbocycles. The fourth-order valence-corrected chi connectivity index (χ4v) is 8.20. The summed E-state index contributed by atoms with van der Waals surface area (Å²) in [6.07, 6.45) is 0. The van der Waals surface area contributed by atoms with Crippen LogP contribution in [0.3, 0.4) is 0 Å². The molecule has 0 amide bonds. The molecular weight excluding hydrogens is 759 g/mol. The lowest BCUT2D eigenvalue weighted by Crippen LogP contribution is -2.01. The minimum absolute atomic E-state index is 0.608. The number of benzene rings is 8. The predicted molar refractivity (Wildman–Crippen MR) is 250 cm³/mol. The van der Waals surface area contributed by atoms with Crippen LogP contribution in [0.15, 0.2) is 206 Å². The van der Waals surface area contributed by atoms with Crippen molar-refractivity contribution in [3.63, 3.8) is 0 Å². The van der Waals surface area contributed by atoms with E-state index in [1.807, 2.05) is 127 Å². The molecule has 7 nitrogen and oxygen atoms in total. The molecule has 7 heteroatoms. The van der Waals surface area contributed by atoms with Gasteiger partial charge in [0.05, 0.1) is 11.0 Å². The monoisotopic (exact) mass is 795 g/mol. The molecule has 0 unspecified atom stereocenters. The third-order valence-corrected chi connectivity index (χ3v) is 11.3. The summed E-state index contributed by atoms with van der Waals surface area (Å²) in [6.45, 7) is 2.16. The number of para-hydroxylation sites is 1. The van der Waals surface area contributed by atoms with E-state index in [0.29, 0.717) is 34.9 Å². The number of rotatable bonds is 8. The van der Waals surface area contributed by atoms with Gasteiger partial charge in [0.1, 0.15) is 0 Å². The number of fused-ring (bicyclic) bond motifs is 3. The lowest BCUT2D eigenvalue weighted by Gasteiger charge is -2.13. The molecule has 11 rings (SSSR count). The van der Waals surface area contributed by atoms with Gasteiger partial charge in [-0.25, -0.2) is 29.9 Å². The number of aryl methyl sites for hydroxylation is 1. The molecule has 0 radical (unpaired) electrons. The zero-order valence-corrected chi connectivity index (χ0v) is 33.8. The van der Waals surface area contributed by atoms with Crippen LogP contribution in [-0.4, -0.2) is 34.5 Å². The fourth-order valence-electron chi connectivity index (χ4n) is 8.20. The van der Waals surface area contributed by atoms with Crippen molar-refractivity contribution in [1.82, 2.24) is 34.5 Å². The number of nitrogens with zero attached hydrogens (tertiary/aromatic N) is 7. The van der Waals surface area contributed by atoms with Crippen LogP contribution in [-0.2, 0) is 0 Å². The van der Waals surface area contributed by atoms with Gasteiger partial charge in [-0.15, -0.1) is 0 Å². The summed E-state index contributed by atoms with van der Waals surface area (Å²) in [7, 11) is 0. The van der Waals surface area contributed by atoms with E-state index in [-0.39, 0.29) is 0 Å². The maximum absolute atomic E-state index is 5.11. The van der Waals surface area contributed by atoms with Gasteiger partial charge >= 0.3 is 0 Å². The van der Waals surface area contributed by atoms with Crippen LogP contribution in [0.25, 0.3) is 107 Å². The molecule has 3 aromatic heterocycles. The highest BCUT2D eigenvalue weighted by Gasteiger charge is 2.20. The summed E-state index contributed by atoms with van der Waals surface area (Å²) in [4.78, 5) is 30.3. The Hall–Kier alpha value is -8.42. The average Bonchev–Trinajstić information content (AvgIpc) is 3.67. The standard InChI is InChI=1S/C55H37N7/c1-36-18-14-17-29-47(36)62-48-32-30-41(43-27-15-16-28-44(43)55-60-52(39-23-10-4-11-24-39)57-53(61-55)40-25-12-5-13-26-40)34-45(48)46-35-42(31-33-49(46)62)54-58-50(37-19-6-2-7-20-37)56-51(59-54)38-21-8-3-9-22-38/h2-35H,1H3. The minimum atomic E-state index is 0.608. The van der Waals surface area contributed by atoms with Crippen molar-refractivity contribution in [3.05, 3.63) is 212 Å². The maximum Gasteiger partial charge on any atom is 0.164 e. The van der Waals surface area contributed by atoms with Gasteiger partial charge in [-0.05, 0) is 60.0 Å². The molecule has 0 saturated heterocycles. The van der Waals surface area contributed by atoms with Crippen LogP contribution in [0.4, 0.5) is 0 Å². The van der Waals surface area contributed by atoms with Gasteiger partial charge in [-0.3, -0.25) is 0 Å². The smallest absolute Gasteiger partial charge is 0.164 e. The number of hydrogen-bond donors (Lipinski definition) is 0. The topological polar surface area (TPSA) is 82.3 Å². The highest BCUT2D eigenvalue weighted by Crippen LogP contribution is 2.40. The third kappa shape index (κ3) is 6.77. The Balaban J connectivity index is 1.12. The molecule has 292 valence electrons. The second-order valence-electron chi connectivity index (χ2n) is 15.2. The van der Waals surface area contributed by atoms with E-state index >= 15 is 0 Å². The molecule has 0 fully saturated rings. The van der Waals surface area contributed by atoms with Crippen molar-refractivity contribution in [2.75, 3.05) is 0 Å². The zero-order valence-electron chi connectivity index (χ0n) is 33.8. The first kappa shape index (κ1) is 36.6. The van der Waals surface area contributed by atoms with Gasteiger partial charge in [-0.2, -0.15) is 0 Å². The van der Waals surface area contributed by atoms with Crippen LogP contribution in [0, 0.1) is 6.92 Å². The van der Waals surface area contributed by atoms with Gasteiger partial charge in [0.25, 0.3) is 0 Å². The Labute approximate surface area is 358 Å². The Morgan fingerprint density at radius 1 is 0.290 bits per heavy atom. The van der Waals surface area contributed by atoms with Crippen molar-refractivity contribution < 1.29 is 0 Å². The summed E-state index contributed by atoms with van der Waals surface area (Å²) in [5.41, 5.74) is 12.1. The van der Waals surface area contributed by atoms with Crippen LogP contribution in [0.5, 0.6) is 0 Å². The maximum atomic E-state index is 5.11. The van der Waals surface area contributed by atoms with E-state index in [1.165, 1.54) is 5.56 Å². The van der Waals surface area contributed by atoms with Crippen molar-refractivity contribution >= 4 is 21.8 Å². The lowest BCUT2D eigenvalue weighted by molar-refractivity contribution is 1.07. The van der Waals surface area contributed by atoms with Crippen molar-refractivity contribution in [2.24, 2.45) is 0 Å². The van der Waals surface area contributed by atoms with Crippen molar-refractivity contribution in [1.29, 1.82) is 0 Å². The molecule has 3 heterocycles. The van der Waals surface area contributed by atoms with E-state index in [9.17, 15) is 0 Å². The Morgan fingerprint density at radius 3 is 1.11 bits per heavy atom. The first-order valence-corrected chi connectivity index (χ1v) is 20.6. The first-order valence-electron chi connectivity index (χ1n) is 20.6. The zero-order chi connectivity index (χ0) is 41.4. The summed E-state index contributed by atoms with van der Waals surface area (Å²) < 4.78 is 2.36. The second-order valence-corrected chi connectivity index (χ2v) is 15.2. The summed E-state index contributed by atoms with van der Waals surface area (Å²) in [6, 6.07) is 70.5. The molecule has 0 spiro atoms. The van der Waals surface area contributed by atoms with E-state index in [4.69, 9.17) is 29.9 Å². The van der Waals surface area contributed by atoms with Gasteiger partial charge in [0.15, 0.2) is 34.9 Å². The Bertz CT molecular complexity index is 3290. The lowest BCUT2D eigenvalue weighted by atomic mass is 9.97. The molecule has 0 aliphatic heterocycles. The second kappa shape index (κ2) is 15.6.